The third-order valence-corrected chi connectivity index (χ3v) is 5.06. The summed E-state index contributed by atoms with van der Waals surface area (Å²) in [5, 5.41) is 0. The Morgan fingerprint density at radius 3 is 2.00 bits per heavy atom. The van der Waals surface area contributed by atoms with Crippen LogP contribution in [0.1, 0.15) is 12.8 Å². The van der Waals surface area contributed by atoms with Gasteiger partial charge in [-0.1, -0.05) is 0 Å². The van der Waals surface area contributed by atoms with Gasteiger partial charge in [-0.05, 0) is 12.8 Å². The average molecular weight is 365 g/mol. The summed E-state index contributed by atoms with van der Waals surface area (Å²) in [6.07, 6.45) is 6.76. The Balaban J connectivity index is 0.000000261. The normalized spacial score (nSPS) is 16.3. The summed E-state index contributed by atoms with van der Waals surface area (Å²) in [6.45, 7) is 0. The first-order valence-corrected chi connectivity index (χ1v) is 8.61. The molecule has 0 bridgehead atoms. The number of aryl methyl sites for hydroxylation is 1. The number of hydrogen-bond acceptors (Lipinski definition) is 5. The second kappa shape index (κ2) is 6.14. The van der Waals surface area contributed by atoms with Crippen LogP contribution in [0.3, 0.4) is 0 Å². The minimum Gasteiger partial charge on any atom is -0.741 e. The van der Waals surface area contributed by atoms with E-state index in [9.17, 15) is 21.6 Å². The minimum absolute atomic E-state index is 0.202. The Hall–Kier alpha value is -1.18. The van der Waals surface area contributed by atoms with Crippen LogP contribution in [-0.4, -0.2) is 48.3 Å². The summed E-state index contributed by atoms with van der Waals surface area (Å²) < 4.78 is 87.1. The first kappa shape index (κ1) is 18.9. The molecule has 0 spiro atoms. The van der Waals surface area contributed by atoms with Gasteiger partial charge < -0.3 is 4.55 Å². The van der Waals surface area contributed by atoms with E-state index in [0.29, 0.717) is 0 Å². The number of halogens is 3. The fourth-order valence-corrected chi connectivity index (χ4v) is 2.70. The van der Waals surface area contributed by atoms with Crippen LogP contribution >= 0.6 is 0 Å². The molecule has 0 N–H and O–H groups in total. The third kappa shape index (κ3) is 4.66. The zero-order chi connectivity index (χ0) is 17.3. The van der Waals surface area contributed by atoms with Gasteiger partial charge in [-0.15, -0.1) is 3.97 Å². The predicted molar refractivity (Wildman–Crippen MR) is 66.5 cm³/mol. The average Bonchev–Trinajstić information content (AvgIpc) is 3.08. The second-order valence-corrected chi connectivity index (χ2v) is 7.83. The number of hydrogen-bond donors (Lipinski definition) is 0. The van der Waals surface area contributed by atoms with Crippen LogP contribution in [0.15, 0.2) is 18.7 Å². The molecule has 1 saturated carbocycles. The van der Waals surface area contributed by atoms with Crippen LogP contribution in [0.2, 0.25) is 0 Å². The van der Waals surface area contributed by atoms with E-state index in [1.807, 2.05) is 0 Å². The van der Waals surface area contributed by atoms with E-state index in [-0.39, 0.29) is 6.04 Å². The molecule has 22 heavy (non-hydrogen) atoms. The van der Waals surface area contributed by atoms with Crippen molar-refractivity contribution < 1.29 is 39.1 Å². The Labute approximate surface area is 125 Å². The van der Waals surface area contributed by atoms with Gasteiger partial charge >= 0.3 is 15.7 Å². The molecular weight excluding hydrogens is 351 g/mol. The van der Waals surface area contributed by atoms with E-state index >= 15 is 0 Å². The molecule has 1 aliphatic carbocycles. The van der Waals surface area contributed by atoms with Crippen molar-refractivity contribution in [3.05, 3.63) is 18.7 Å². The highest BCUT2D eigenvalue weighted by Crippen LogP contribution is 2.27. The van der Waals surface area contributed by atoms with Gasteiger partial charge in [0.2, 0.25) is 0 Å². The molecule has 0 atom stereocenters. The molecule has 1 aliphatic rings. The Morgan fingerprint density at radius 2 is 1.73 bits per heavy atom. The van der Waals surface area contributed by atoms with Gasteiger partial charge in [0.1, 0.15) is 12.4 Å². The van der Waals surface area contributed by atoms with E-state index in [1.54, 1.807) is 37.4 Å². The predicted octanol–water partition coefficient (Wildman–Crippen LogP) is -0.449. The van der Waals surface area contributed by atoms with Crippen molar-refractivity contribution in [3.63, 3.8) is 0 Å². The molecule has 128 valence electrons. The molecule has 0 radical (unpaired) electrons. The van der Waals surface area contributed by atoms with Crippen LogP contribution in [0, 0.1) is 0 Å². The fraction of sp³-hybridized carbons (Fsp3) is 0.667. The molecule has 0 unspecified atom stereocenters. The first-order valence-electron chi connectivity index (χ1n) is 5.80. The molecule has 1 heterocycles. The molecule has 0 aromatic carbocycles. The lowest BCUT2D eigenvalue weighted by molar-refractivity contribution is -0.670. The molecule has 0 aliphatic heterocycles. The smallest absolute Gasteiger partial charge is 0.485 e. The lowest BCUT2D eigenvalue weighted by Gasteiger charge is -2.11. The maximum atomic E-state index is 11.9. The van der Waals surface area contributed by atoms with Gasteiger partial charge in [-0.3, -0.25) is 0 Å². The largest absolute Gasteiger partial charge is 0.741 e. The maximum Gasteiger partial charge on any atom is 0.485 e. The van der Waals surface area contributed by atoms with Crippen molar-refractivity contribution in [2.75, 3.05) is 7.05 Å². The highest BCUT2D eigenvalue weighted by Gasteiger charge is 2.38. The van der Waals surface area contributed by atoms with Gasteiger partial charge in [0.15, 0.2) is 10.1 Å². The zero-order valence-corrected chi connectivity index (χ0v) is 13.2. The molecule has 13 heteroatoms. The minimum atomic E-state index is -6.09. The van der Waals surface area contributed by atoms with Crippen molar-refractivity contribution in [1.82, 2.24) is 8.28 Å². The molecule has 8 nitrogen and oxygen atoms in total. The lowest BCUT2D eigenvalue weighted by Crippen LogP contribution is -2.34. The number of nitrogens with zero attached hydrogens (tertiary/aromatic N) is 3. The summed E-state index contributed by atoms with van der Waals surface area (Å²) in [4.78, 5) is 0. The molecule has 0 amide bonds. The highest BCUT2D eigenvalue weighted by atomic mass is 32.2. The number of rotatable bonds is 3. The van der Waals surface area contributed by atoms with E-state index in [0.717, 1.165) is 12.8 Å². The third-order valence-electron chi connectivity index (χ3n) is 2.72. The second-order valence-electron chi connectivity index (χ2n) is 4.56. The quantitative estimate of drug-likeness (QED) is 0.410. The monoisotopic (exact) mass is 365 g/mol. The van der Waals surface area contributed by atoms with E-state index in [2.05, 4.69) is 0 Å². The lowest BCUT2D eigenvalue weighted by atomic mass is 10.7. The van der Waals surface area contributed by atoms with Crippen LogP contribution in [0.25, 0.3) is 0 Å². The molecule has 1 aromatic heterocycles. The Morgan fingerprint density at radius 1 is 1.27 bits per heavy atom. The molecular formula is C9H14F3N3O5S2. The van der Waals surface area contributed by atoms with E-state index in [1.165, 1.54) is 8.28 Å². The van der Waals surface area contributed by atoms with Crippen molar-refractivity contribution in [2.45, 2.75) is 24.4 Å². The topological polar surface area (TPSA) is 103 Å². The van der Waals surface area contributed by atoms with Gasteiger partial charge in [0, 0.05) is 13.1 Å². The Kier molecular flexibility index (Phi) is 5.26. The van der Waals surface area contributed by atoms with Crippen LogP contribution in [0.4, 0.5) is 13.2 Å². The standard InChI is InChI=1S/C8H14N3O2S.CHF3O3S/c1-9-5-6-11(7-9)14(12,13)10(2)8-3-4-8;2-1(3,4)8(5,6)7/h5-8H,3-4H2,1-2H3;(H,5,6,7)/q+1;/p-1. The zero-order valence-electron chi connectivity index (χ0n) is 11.6. The molecule has 2 rings (SSSR count). The number of alkyl halides is 3. The summed E-state index contributed by atoms with van der Waals surface area (Å²) in [5.74, 6) is 0. The first-order chi connectivity index (χ1) is 9.76. The van der Waals surface area contributed by atoms with Crippen LogP contribution in [0.5, 0.6) is 0 Å². The summed E-state index contributed by atoms with van der Waals surface area (Å²) in [6, 6.07) is 0.202. The van der Waals surface area contributed by atoms with Gasteiger partial charge in [0.05, 0.1) is 7.05 Å². The van der Waals surface area contributed by atoms with Crippen LogP contribution < -0.4 is 4.57 Å². The van der Waals surface area contributed by atoms with Gasteiger partial charge in [-0.25, -0.2) is 13.0 Å². The number of imidazole rings is 1. The summed E-state index contributed by atoms with van der Waals surface area (Å²) >= 11 is 0. The highest BCUT2D eigenvalue weighted by molar-refractivity contribution is 7.87. The van der Waals surface area contributed by atoms with E-state index < -0.39 is 25.8 Å². The number of aromatic nitrogens is 2. The summed E-state index contributed by atoms with van der Waals surface area (Å²) in [5.41, 5.74) is -5.65. The SMILES string of the molecule is CN(C1CC1)S(=O)(=O)n1cc[n+](C)c1.O=S(=O)([O-])C(F)(F)F. The summed E-state index contributed by atoms with van der Waals surface area (Å²) in [7, 11) is -5.99. The Bertz CT molecular complexity index is 722. The van der Waals surface area contributed by atoms with Gasteiger partial charge in [0.25, 0.3) is 6.33 Å². The molecule has 1 fully saturated rings. The van der Waals surface area contributed by atoms with Crippen molar-refractivity contribution in [1.29, 1.82) is 0 Å². The van der Waals surface area contributed by atoms with Crippen LogP contribution in [-0.2, 0) is 27.4 Å². The molecule has 0 saturated heterocycles. The van der Waals surface area contributed by atoms with Gasteiger partial charge in [-0.2, -0.15) is 25.9 Å². The molecule has 1 aromatic rings. The fourth-order valence-electron chi connectivity index (χ4n) is 1.34. The maximum absolute atomic E-state index is 11.9. The van der Waals surface area contributed by atoms with Crippen molar-refractivity contribution in [3.8, 4) is 0 Å². The van der Waals surface area contributed by atoms with Crippen molar-refractivity contribution >= 4 is 20.3 Å². The van der Waals surface area contributed by atoms with Crippen molar-refractivity contribution in [2.24, 2.45) is 7.05 Å². The van der Waals surface area contributed by atoms with E-state index in [4.69, 9.17) is 13.0 Å².